The van der Waals surface area contributed by atoms with Crippen molar-refractivity contribution in [3.05, 3.63) is 174 Å². The van der Waals surface area contributed by atoms with E-state index < -0.39 is 29.5 Å². The molecule has 4 aromatic carbocycles. The van der Waals surface area contributed by atoms with Crippen LogP contribution in [-0.2, 0) is 5.54 Å². The minimum Gasteiger partial charge on any atom is -0.333 e. The molecule has 4 heterocycles. The molecule has 240 valence electrons. The molecule has 0 aliphatic heterocycles. The number of nitrogens with zero attached hydrogens (tertiary/aromatic N) is 6. The van der Waals surface area contributed by atoms with Gasteiger partial charge in [0.1, 0.15) is 34.2 Å². The van der Waals surface area contributed by atoms with Crippen molar-refractivity contribution >= 4 is 5.65 Å². The van der Waals surface area contributed by atoms with Gasteiger partial charge in [-0.25, -0.2) is 13.8 Å². The van der Waals surface area contributed by atoms with Crippen LogP contribution < -0.4 is 0 Å². The molecule has 0 radical (unpaired) electrons. The molecule has 8 rings (SSSR count). The van der Waals surface area contributed by atoms with Gasteiger partial charge in [-0.1, -0.05) is 102 Å². The first-order chi connectivity index (χ1) is 23.9. The second kappa shape index (κ2) is 12.0. The summed E-state index contributed by atoms with van der Waals surface area (Å²) in [6.07, 6.45) is 1.94. The maximum Gasteiger partial charge on any atom is 0.315 e. The van der Waals surface area contributed by atoms with Crippen molar-refractivity contribution in [2.45, 2.75) is 12.0 Å². The molecule has 0 aliphatic carbocycles. The molecule has 8 aromatic rings. The Morgan fingerprint density at radius 2 is 1.27 bits per heavy atom. The monoisotopic (exact) mass is 656 g/mol. The van der Waals surface area contributed by atoms with E-state index >= 15 is 8.78 Å². The van der Waals surface area contributed by atoms with Crippen molar-refractivity contribution in [3.63, 3.8) is 0 Å². The number of halogens is 4. The van der Waals surface area contributed by atoms with Crippen LogP contribution >= 0.6 is 0 Å². The number of rotatable bonds is 8. The summed E-state index contributed by atoms with van der Waals surface area (Å²) in [4.78, 5) is 8.20. The highest BCUT2D eigenvalue weighted by Crippen LogP contribution is 2.44. The third-order valence-corrected chi connectivity index (χ3v) is 8.51. The molecular formula is C38H24F4N6O. The third kappa shape index (κ3) is 4.98. The van der Waals surface area contributed by atoms with Crippen LogP contribution in [0.15, 0.2) is 144 Å². The van der Waals surface area contributed by atoms with Crippen LogP contribution in [0, 0.1) is 11.6 Å². The molecule has 0 spiro atoms. The normalized spacial score (nSPS) is 11.9. The van der Waals surface area contributed by atoms with Gasteiger partial charge in [-0.15, -0.1) is 0 Å². The summed E-state index contributed by atoms with van der Waals surface area (Å²) >= 11 is 0. The number of aromatic nitrogens is 6. The van der Waals surface area contributed by atoms with Crippen molar-refractivity contribution in [1.82, 2.24) is 29.3 Å². The van der Waals surface area contributed by atoms with Crippen LogP contribution in [0.1, 0.15) is 29.0 Å². The van der Waals surface area contributed by atoms with Gasteiger partial charge in [0.25, 0.3) is 5.89 Å². The van der Waals surface area contributed by atoms with E-state index in [2.05, 4.69) is 15.1 Å². The van der Waals surface area contributed by atoms with Crippen LogP contribution in [0.3, 0.4) is 0 Å². The first-order valence-corrected chi connectivity index (χ1v) is 15.3. The van der Waals surface area contributed by atoms with Crippen LogP contribution in [0.25, 0.3) is 39.5 Å². The maximum atomic E-state index is 15.7. The highest BCUT2D eigenvalue weighted by Gasteiger charge is 2.40. The molecule has 0 amide bonds. The molecule has 0 atom stereocenters. The molecule has 0 aliphatic rings. The van der Waals surface area contributed by atoms with Gasteiger partial charge in [-0.3, -0.25) is 9.08 Å². The topological polar surface area (TPSA) is 74.0 Å². The fourth-order valence-corrected chi connectivity index (χ4v) is 6.33. The highest BCUT2D eigenvalue weighted by atomic mass is 19.3. The van der Waals surface area contributed by atoms with E-state index in [0.717, 1.165) is 16.7 Å². The molecule has 7 nitrogen and oxygen atoms in total. The Labute approximate surface area is 276 Å². The summed E-state index contributed by atoms with van der Waals surface area (Å²) in [6.45, 7) is 0. The summed E-state index contributed by atoms with van der Waals surface area (Å²) in [6, 6.07) is 36.5. The summed E-state index contributed by atoms with van der Waals surface area (Å²) in [5, 5.41) is 8.76. The van der Waals surface area contributed by atoms with E-state index in [1.807, 2.05) is 91.0 Å². The third-order valence-electron chi connectivity index (χ3n) is 8.51. The molecule has 49 heavy (non-hydrogen) atoms. The van der Waals surface area contributed by atoms with Gasteiger partial charge in [0.15, 0.2) is 0 Å². The van der Waals surface area contributed by atoms with Crippen molar-refractivity contribution in [2.24, 2.45) is 0 Å². The van der Waals surface area contributed by atoms with Crippen LogP contribution in [-0.4, -0.2) is 29.3 Å². The van der Waals surface area contributed by atoms with E-state index in [1.165, 1.54) is 24.4 Å². The van der Waals surface area contributed by atoms with E-state index in [4.69, 9.17) is 9.62 Å². The van der Waals surface area contributed by atoms with Gasteiger partial charge >= 0.3 is 6.43 Å². The summed E-state index contributed by atoms with van der Waals surface area (Å²) in [7, 11) is 0. The summed E-state index contributed by atoms with van der Waals surface area (Å²) in [5.41, 5.74) is 2.91. The van der Waals surface area contributed by atoms with Crippen LogP contribution in [0.5, 0.6) is 0 Å². The predicted molar refractivity (Wildman–Crippen MR) is 175 cm³/mol. The van der Waals surface area contributed by atoms with E-state index in [-0.39, 0.29) is 22.8 Å². The Bertz CT molecular complexity index is 2290. The van der Waals surface area contributed by atoms with Gasteiger partial charge in [0, 0.05) is 23.5 Å². The van der Waals surface area contributed by atoms with Crippen molar-refractivity contribution in [1.29, 1.82) is 0 Å². The zero-order valence-corrected chi connectivity index (χ0v) is 25.5. The molecular weight excluding hydrogens is 632 g/mol. The molecule has 0 bridgehead atoms. The average Bonchev–Trinajstić information content (AvgIpc) is 3.89. The lowest BCUT2D eigenvalue weighted by atomic mass is 9.77. The maximum absolute atomic E-state index is 15.7. The van der Waals surface area contributed by atoms with Gasteiger partial charge in [-0.05, 0) is 41.0 Å². The number of hydrogen-bond acceptors (Lipinski definition) is 5. The predicted octanol–water partition coefficient (Wildman–Crippen LogP) is 8.97. The lowest BCUT2D eigenvalue weighted by molar-refractivity contribution is 0.106. The second-order valence-electron chi connectivity index (χ2n) is 11.3. The fourth-order valence-electron chi connectivity index (χ4n) is 6.33. The molecule has 0 unspecified atom stereocenters. The number of pyridine rings is 1. The number of alkyl halides is 2. The number of fused-ring (bicyclic) bond motifs is 1. The number of benzene rings is 4. The Morgan fingerprint density at radius 1 is 0.673 bits per heavy atom. The van der Waals surface area contributed by atoms with Crippen LogP contribution in [0.2, 0.25) is 0 Å². The fraction of sp³-hybridized carbons (Fsp3) is 0.0526. The molecule has 0 fully saturated rings. The Balaban J connectivity index is 1.43. The largest absolute Gasteiger partial charge is 0.333 e. The standard InChI is InChI=1S/C38H24F4N6O/c39-29-17-10-18-30(40)33(29)34-28(24-19-20-32-43-21-31(47(32)22-24)36-44-37(35(41)42)49-46-36)23-48(45-34)38(25-11-4-1-5-12-25,26-13-6-2-7-14-26)27-15-8-3-9-16-27/h1-23,35H. The van der Waals surface area contributed by atoms with Crippen molar-refractivity contribution in [3.8, 4) is 33.9 Å². The SMILES string of the molecule is Fc1cccc(F)c1-c1nn(C(c2ccccc2)(c2ccccc2)c2ccccc2)cc1-c1ccc2ncc(-c3noc(C(F)F)n3)n2c1. The zero-order chi connectivity index (χ0) is 33.5. The summed E-state index contributed by atoms with van der Waals surface area (Å²) < 4.78 is 66.0. The Kier molecular flexibility index (Phi) is 7.36. The lowest BCUT2D eigenvalue weighted by Crippen LogP contribution is -2.38. The van der Waals surface area contributed by atoms with E-state index in [0.29, 0.717) is 16.8 Å². The van der Waals surface area contributed by atoms with Crippen molar-refractivity contribution < 1.29 is 22.1 Å². The second-order valence-corrected chi connectivity index (χ2v) is 11.3. The average molecular weight is 657 g/mol. The van der Waals surface area contributed by atoms with Gasteiger partial charge in [0.05, 0.1) is 11.8 Å². The lowest BCUT2D eigenvalue weighted by Gasteiger charge is -2.36. The highest BCUT2D eigenvalue weighted by molar-refractivity contribution is 5.82. The van der Waals surface area contributed by atoms with Gasteiger partial charge < -0.3 is 4.52 Å². The van der Waals surface area contributed by atoms with Gasteiger partial charge in [-0.2, -0.15) is 18.9 Å². The number of imidazole rings is 1. The van der Waals surface area contributed by atoms with Gasteiger partial charge in [0.2, 0.25) is 5.82 Å². The minimum atomic E-state index is -2.95. The molecule has 11 heteroatoms. The Morgan fingerprint density at radius 3 is 1.82 bits per heavy atom. The van der Waals surface area contributed by atoms with E-state index in [1.54, 1.807) is 33.6 Å². The van der Waals surface area contributed by atoms with E-state index in [9.17, 15) is 8.78 Å². The molecule has 0 saturated heterocycles. The summed E-state index contributed by atoms with van der Waals surface area (Å²) in [5.74, 6) is -2.48. The molecule has 4 aromatic heterocycles. The first-order valence-electron chi connectivity index (χ1n) is 15.3. The first kappa shape index (κ1) is 30.0. The molecule has 0 saturated carbocycles. The van der Waals surface area contributed by atoms with Crippen LogP contribution in [0.4, 0.5) is 17.6 Å². The zero-order valence-electron chi connectivity index (χ0n) is 25.5. The molecule has 0 N–H and O–H groups in total. The minimum absolute atomic E-state index is 0.0586. The van der Waals surface area contributed by atoms with Crippen molar-refractivity contribution in [2.75, 3.05) is 0 Å². The Hall–Kier alpha value is -6.36. The smallest absolute Gasteiger partial charge is 0.315 e. The number of hydrogen-bond donors (Lipinski definition) is 0. The quantitative estimate of drug-likeness (QED) is 0.121.